The van der Waals surface area contributed by atoms with E-state index in [2.05, 4.69) is 46.6 Å². The van der Waals surface area contributed by atoms with Gasteiger partial charge in [0.25, 0.3) is 0 Å². The van der Waals surface area contributed by atoms with Crippen molar-refractivity contribution in [1.82, 2.24) is 15.5 Å². The zero-order chi connectivity index (χ0) is 18.7. The molecule has 0 spiro atoms. The Morgan fingerprint density at radius 1 is 0.963 bits per heavy atom. The number of unbranched alkanes of at least 4 members (excludes halogenated alkanes) is 8. The Morgan fingerprint density at radius 2 is 1.67 bits per heavy atom. The number of hydrogen-bond donors (Lipinski definition) is 1. The molecule has 0 bridgehead atoms. The summed E-state index contributed by atoms with van der Waals surface area (Å²) in [5, 5.41) is 7.51. The second kappa shape index (κ2) is 11.2. The first-order valence-corrected chi connectivity index (χ1v) is 11.0. The molecule has 2 aromatic rings. The third kappa shape index (κ3) is 6.46. The number of nitrogens with one attached hydrogen (secondary N) is 1. The van der Waals surface area contributed by atoms with Gasteiger partial charge < -0.3 is 9.84 Å². The summed E-state index contributed by atoms with van der Waals surface area (Å²) in [6.45, 7) is 4.26. The van der Waals surface area contributed by atoms with E-state index in [1.54, 1.807) is 0 Å². The van der Waals surface area contributed by atoms with Crippen molar-refractivity contribution in [2.45, 2.75) is 83.5 Å². The molecule has 1 fully saturated rings. The van der Waals surface area contributed by atoms with Crippen molar-refractivity contribution in [2.24, 2.45) is 0 Å². The minimum Gasteiger partial charge on any atom is -0.339 e. The lowest BCUT2D eigenvalue weighted by Gasteiger charge is -2.04. The zero-order valence-electron chi connectivity index (χ0n) is 16.9. The molecule has 4 heteroatoms. The molecular formula is C23H35N3O. The van der Waals surface area contributed by atoms with Crippen LogP contribution < -0.4 is 5.32 Å². The van der Waals surface area contributed by atoms with Crippen LogP contribution in [0.15, 0.2) is 28.8 Å². The number of nitrogens with zero attached hydrogens (tertiary/aromatic N) is 2. The fourth-order valence-electron chi connectivity index (χ4n) is 3.84. The van der Waals surface area contributed by atoms with Crippen molar-refractivity contribution in [2.75, 3.05) is 13.1 Å². The number of hydrogen-bond acceptors (Lipinski definition) is 4. The second-order valence-corrected chi connectivity index (χ2v) is 7.92. The van der Waals surface area contributed by atoms with Crippen molar-refractivity contribution < 1.29 is 4.52 Å². The lowest BCUT2D eigenvalue weighted by Crippen LogP contribution is -2.08. The summed E-state index contributed by atoms with van der Waals surface area (Å²) < 4.78 is 5.47. The van der Waals surface area contributed by atoms with Crippen LogP contribution in [-0.4, -0.2) is 23.2 Å². The van der Waals surface area contributed by atoms with E-state index in [0.29, 0.717) is 11.7 Å². The van der Waals surface area contributed by atoms with E-state index in [1.807, 2.05) is 0 Å². The molecular weight excluding hydrogens is 334 g/mol. The van der Waals surface area contributed by atoms with E-state index >= 15 is 0 Å². The minimum atomic E-state index is 0.372. The first-order chi connectivity index (χ1) is 13.4. The smallest absolute Gasteiger partial charge is 0.231 e. The van der Waals surface area contributed by atoms with Gasteiger partial charge in [0.05, 0.1) is 5.92 Å². The Kier molecular flexibility index (Phi) is 8.34. The maximum Gasteiger partial charge on any atom is 0.231 e. The van der Waals surface area contributed by atoms with Crippen LogP contribution in [0.25, 0.3) is 11.4 Å². The maximum absolute atomic E-state index is 5.47. The van der Waals surface area contributed by atoms with Crippen LogP contribution >= 0.6 is 0 Å². The monoisotopic (exact) mass is 369 g/mol. The van der Waals surface area contributed by atoms with Crippen LogP contribution in [0.5, 0.6) is 0 Å². The van der Waals surface area contributed by atoms with Gasteiger partial charge in [0, 0.05) is 12.1 Å². The highest BCUT2D eigenvalue weighted by molar-refractivity contribution is 5.54. The summed E-state index contributed by atoms with van der Waals surface area (Å²) in [6, 6.07) is 8.69. The second-order valence-electron chi connectivity index (χ2n) is 7.92. The fourth-order valence-corrected chi connectivity index (χ4v) is 3.84. The molecule has 1 aliphatic heterocycles. The van der Waals surface area contributed by atoms with Gasteiger partial charge in [-0.2, -0.15) is 4.98 Å². The normalized spacial score (nSPS) is 16.9. The van der Waals surface area contributed by atoms with Crippen molar-refractivity contribution >= 4 is 0 Å². The van der Waals surface area contributed by atoms with Gasteiger partial charge in [-0.1, -0.05) is 87.7 Å². The molecule has 1 N–H and O–H groups in total. The SMILES string of the molecule is CCCCCCCCCCCc1ccc(-c2noc(C3CCNC3)n2)cc1. The Balaban J connectivity index is 1.35. The van der Waals surface area contributed by atoms with Gasteiger partial charge in [-0.05, 0) is 31.4 Å². The third-order valence-corrected chi connectivity index (χ3v) is 5.63. The largest absolute Gasteiger partial charge is 0.339 e. The van der Waals surface area contributed by atoms with Gasteiger partial charge in [-0.3, -0.25) is 0 Å². The molecule has 3 rings (SSSR count). The molecule has 148 valence electrons. The van der Waals surface area contributed by atoms with Crippen LogP contribution in [0.1, 0.15) is 88.5 Å². The molecule has 0 saturated carbocycles. The Morgan fingerprint density at radius 3 is 2.33 bits per heavy atom. The van der Waals surface area contributed by atoms with E-state index in [1.165, 1.54) is 69.8 Å². The summed E-state index contributed by atoms with van der Waals surface area (Å²) in [5.41, 5.74) is 2.46. The highest BCUT2D eigenvalue weighted by Crippen LogP contribution is 2.24. The van der Waals surface area contributed by atoms with Crippen molar-refractivity contribution in [3.05, 3.63) is 35.7 Å². The van der Waals surface area contributed by atoms with Gasteiger partial charge >= 0.3 is 0 Å². The highest BCUT2D eigenvalue weighted by atomic mass is 16.5. The summed E-state index contributed by atoms with van der Waals surface area (Å²) in [7, 11) is 0. The molecule has 1 aromatic heterocycles. The van der Waals surface area contributed by atoms with Gasteiger partial charge in [0.1, 0.15) is 0 Å². The molecule has 4 nitrogen and oxygen atoms in total. The molecule has 1 saturated heterocycles. The average Bonchev–Trinajstić information content (AvgIpc) is 3.39. The molecule has 0 aliphatic carbocycles. The van der Waals surface area contributed by atoms with Crippen molar-refractivity contribution in [1.29, 1.82) is 0 Å². The van der Waals surface area contributed by atoms with E-state index in [4.69, 9.17) is 4.52 Å². The highest BCUT2D eigenvalue weighted by Gasteiger charge is 2.22. The molecule has 0 amide bonds. The first kappa shape index (κ1) is 20.1. The van der Waals surface area contributed by atoms with Gasteiger partial charge in [0.2, 0.25) is 11.7 Å². The van der Waals surface area contributed by atoms with Crippen LogP contribution in [0, 0.1) is 0 Å². The number of aromatic nitrogens is 2. The van der Waals surface area contributed by atoms with E-state index in [9.17, 15) is 0 Å². The van der Waals surface area contributed by atoms with E-state index < -0.39 is 0 Å². The van der Waals surface area contributed by atoms with Crippen molar-refractivity contribution in [3.8, 4) is 11.4 Å². The lowest BCUT2D eigenvalue weighted by atomic mass is 10.0. The quantitative estimate of drug-likeness (QED) is 0.474. The predicted octanol–water partition coefficient (Wildman–Crippen LogP) is 5.89. The average molecular weight is 370 g/mol. The summed E-state index contributed by atoms with van der Waals surface area (Å²) in [6.07, 6.45) is 14.7. The first-order valence-electron chi connectivity index (χ1n) is 11.0. The molecule has 1 aromatic carbocycles. The third-order valence-electron chi connectivity index (χ3n) is 5.63. The van der Waals surface area contributed by atoms with E-state index in [0.717, 1.165) is 31.0 Å². The minimum absolute atomic E-state index is 0.372. The van der Waals surface area contributed by atoms with Gasteiger partial charge in [0.15, 0.2) is 0 Å². The fraction of sp³-hybridized carbons (Fsp3) is 0.652. The molecule has 1 aliphatic rings. The predicted molar refractivity (Wildman–Crippen MR) is 111 cm³/mol. The number of benzene rings is 1. The summed E-state index contributed by atoms with van der Waals surface area (Å²) in [4.78, 5) is 4.60. The number of aryl methyl sites for hydroxylation is 1. The van der Waals surface area contributed by atoms with Crippen LogP contribution in [-0.2, 0) is 6.42 Å². The Labute approximate surface area is 164 Å². The Bertz CT molecular complexity index is 644. The van der Waals surface area contributed by atoms with Gasteiger partial charge in [-0.15, -0.1) is 0 Å². The molecule has 2 heterocycles. The maximum atomic E-state index is 5.47. The van der Waals surface area contributed by atoms with Crippen LogP contribution in [0.3, 0.4) is 0 Å². The standard InChI is InChI=1S/C23H35N3O/c1-2-3-4-5-6-7-8-9-10-11-19-12-14-20(15-13-19)22-25-23(27-26-22)21-16-17-24-18-21/h12-15,21,24H,2-11,16-18H2,1H3. The van der Waals surface area contributed by atoms with Crippen LogP contribution in [0.4, 0.5) is 0 Å². The molecule has 27 heavy (non-hydrogen) atoms. The topological polar surface area (TPSA) is 51.0 Å². The van der Waals surface area contributed by atoms with Crippen LogP contribution in [0.2, 0.25) is 0 Å². The lowest BCUT2D eigenvalue weighted by molar-refractivity contribution is 0.359. The molecule has 1 unspecified atom stereocenters. The summed E-state index contributed by atoms with van der Waals surface area (Å²) >= 11 is 0. The molecule has 0 radical (unpaired) electrons. The van der Waals surface area contributed by atoms with Gasteiger partial charge in [-0.25, -0.2) is 0 Å². The Hall–Kier alpha value is -1.68. The summed E-state index contributed by atoms with van der Waals surface area (Å²) in [5.74, 6) is 1.86. The zero-order valence-corrected chi connectivity index (χ0v) is 16.9. The number of rotatable bonds is 12. The molecule has 1 atom stereocenters. The van der Waals surface area contributed by atoms with Crippen molar-refractivity contribution in [3.63, 3.8) is 0 Å². The van der Waals surface area contributed by atoms with E-state index in [-0.39, 0.29) is 0 Å².